The van der Waals surface area contributed by atoms with E-state index in [9.17, 15) is 9.59 Å². The second-order valence-corrected chi connectivity index (χ2v) is 4.13. The van der Waals surface area contributed by atoms with Crippen LogP contribution in [0.4, 0.5) is 0 Å². The van der Waals surface area contributed by atoms with E-state index < -0.39 is 5.63 Å². The van der Waals surface area contributed by atoms with E-state index in [4.69, 9.17) is 9.15 Å². The summed E-state index contributed by atoms with van der Waals surface area (Å²) in [6.45, 7) is 1.65. The third kappa shape index (κ3) is 2.51. The summed E-state index contributed by atoms with van der Waals surface area (Å²) in [6.07, 6.45) is 3.93. The van der Waals surface area contributed by atoms with Gasteiger partial charge in [-0.15, -0.1) is 0 Å². The van der Waals surface area contributed by atoms with E-state index in [-0.39, 0.29) is 17.6 Å². The molecule has 0 aliphatic heterocycles. The zero-order valence-electron chi connectivity index (χ0n) is 9.19. The van der Waals surface area contributed by atoms with Crippen LogP contribution >= 0.6 is 0 Å². The minimum Gasteiger partial charge on any atom is -0.428 e. The Hall–Kier alpha value is -1.58. The van der Waals surface area contributed by atoms with E-state index in [1.165, 1.54) is 6.07 Å². The van der Waals surface area contributed by atoms with Crippen LogP contribution in [-0.4, -0.2) is 5.97 Å². The second-order valence-electron chi connectivity index (χ2n) is 4.13. The Kier molecular flexibility index (Phi) is 3.08. The highest BCUT2D eigenvalue weighted by atomic mass is 16.5. The topological polar surface area (TPSA) is 56.5 Å². The summed E-state index contributed by atoms with van der Waals surface area (Å²) in [5.41, 5.74) is -0.491. The Morgan fingerprint density at radius 3 is 2.69 bits per heavy atom. The number of ether oxygens (including phenoxy) is 1. The third-order valence-electron chi connectivity index (χ3n) is 2.77. The molecule has 0 saturated heterocycles. The maximum Gasteiger partial charge on any atom is 0.339 e. The smallest absolute Gasteiger partial charge is 0.339 e. The molecule has 0 radical (unpaired) electrons. The van der Waals surface area contributed by atoms with Crippen LogP contribution in [0.3, 0.4) is 0 Å². The van der Waals surface area contributed by atoms with Gasteiger partial charge in [0.15, 0.2) is 0 Å². The monoisotopic (exact) mass is 222 g/mol. The number of rotatable bonds is 2. The average Bonchev–Trinajstić information content (AvgIpc) is 2.68. The zero-order valence-corrected chi connectivity index (χ0v) is 9.19. The van der Waals surface area contributed by atoms with E-state index in [1.807, 2.05) is 0 Å². The van der Waals surface area contributed by atoms with Gasteiger partial charge in [-0.1, -0.05) is 12.8 Å². The van der Waals surface area contributed by atoms with Crippen molar-refractivity contribution < 1.29 is 13.9 Å². The first-order valence-electron chi connectivity index (χ1n) is 5.48. The van der Waals surface area contributed by atoms with Crippen LogP contribution in [0.2, 0.25) is 0 Å². The molecule has 1 fully saturated rings. The van der Waals surface area contributed by atoms with Crippen molar-refractivity contribution in [1.82, 2.24) is 0 Å². The zero-order chi connectivity index (χ0) is 11.5. The first-order chi connectivity index (χ1) is 7.65. The second kappa shape index (κ2) is 4.51. The highest BCUT2D eigenvalue weighted by Gasteiger charge is 2.24. The molecule has 1 aliphatic carbocycles. The molecule has 0 atom stereocenters. The Balaban J connectivity index is 2.08. The minimum absolute atomic E-state index is 0.00690. The van der Waals surface area contributed by atoms with Crippen LogP contribution < -0.4 is 10.4 Å². The molecule has 1 heterocycles. The quantitative estimate of drug-likeness (QED) is 0.718. The lowest BCUT2D eigenvalue weighted by Crippen LogP contribution is -2.18. The molecule has 4 heteroatoms. The van der Waals surface area contributed by atoms with Gasteiger partial charge >= 0.3 is 11.6 Å². The van der Waals surface area contributed by atoms with Crippen molar-refractivity contribution in [3.63, 3.8) is 0 Å². The van der Waals surface area contributed by atoms with Gasteiger partial charge in [-0.2, -0.15) is 0 Å². The summed E-state index contributed by atoms with van der Waals surface area (Å²) in [6, 6.07) is 2.74. The van der Waals surface area contributed by atoms with E-state index in [0.717, 1.165) is 25.7 Å². The van der Waals surface area contributed by atoms with Gasteiger partial charge < -0.3 is 9.15 Å². The molecular weight excluding hydrogens is 208 g/mol. The molecule has 1 saturated carbocycles. The summed E-state index contributed by atoms with van der Waals surface area (Å²) in [5.74, 6) is 0.488. The summed E-state index contributed by atoms with van der Waals surface area (Å²) in [5, 5.41) is 0. The number of carbonyl (C=O) groups excluding carboxylic acids is 1. The standard InChI is InChI=1S/C12H14O4/c1-8-6-10(7-11(13)15-8)16-12(14)9-4-2-3-5-9/h6-7,9H,2-5H2,1H3. The maximum absolute atomic E-state index is 11.7. The predicted molar refractivity (Wildman–Crippen MR) is 57.3 cm³/mol. The number of esters is 1. The molecule has 1 aliphatic rings. The van der Waals surface area contributed by atoms with Crippen LogP contribution in [0.15, 0.2) is 21.3 Å². The Labute approximate surface area is 93.2 Å². The van der Waals surface area contributed by atoms with Crippen molar-refractivity contribution in [2.24, 2.45) is 5.92 Å². The van der Waals surface area contributed by atoms with Crippen LogP contribution in [0, 0.1) is 12.8 Å². The molecule has 0 aromatic carbocycles. The molecule has 0 amide bonds. The first-order valence-corrected chi connectivity index (χ1v) is 5.48. The highest BCUT2D eigenvalue weighted by molar-refractivity contribution is 5.75. The SMILES string of the molecule is Cc1cc(OC(=O)C2CCCC2)cc(=O)o1. The maximum atomic E-state index is 11.7. The molecule has 0 bridgehead atoms. The van der Waals surface area contributed by atoms with Crippen molar-refractivity contribution >= 4 is 5.97 Å². The Morgan fingerprint density at radius 2 is 2.06 bits per heavy atom. The lowest BCUT2D eigenvalue weighted by molar-refractivity contribution is -0.138. The summed E-state index contributed by atoms with van der Waals surface area (Å²) < 4.78 is 9.94. The summed E-state index contributed by atoms with van der Waals surface area (Å²) in [4.78, 5) is 22.7. The van der Waals surface area contributed by atoms with E-state index in [0.29, 0.717) is 5.76 Å². The molecule has 0 N–H and O–H groups in total. The first kappa shape index (κ1) is 10.9. The van der Waals surface area contributed by atoms with Crippen LogP contribution in [0.5, 0.6) is 5.75 Å². The lowest BCUT2D eigenvalue weighted by Gasteiger charge is -2.08. The third-order valence-corrected chi connectivity index (χ3v) is 2.77. The van der Waals surface area contributed by atoms with Gasteiger partial charge in [-0.3, -0.25) is 4.79 Å². The number of aryl methyl sites for hydroxylation is 1. The van der Waals surface area contributed by atoms with Crippen molar-refractivity contribution in [1.29, 1.82) is 0 Å². The molecular formula is C12H14O4. The molecule has 0 unspecified atom stereocenters. The fourth-order valence-corrected chi connectivity index (χ4v) is 2.00. The Morgan fingerprint density at radius 1 is 1.38 bits per heavy atom. The molecule has 86 valence electrons. The van der Waals surface area contributed by atoms with Crippen LogP contribution in [0.1, 0.15) is 31.4 Å². The van der Waals surface area contributed by atoms with Gasteiger partial charge in [-0.05, 0) is 19.8 Å². The van der Waals surface area contributed by atoms with Gasteiger partial charge in [0.2, 0.25) is 0 Å². The molecule has 16 heavy (non-hydrogen) atoms. The lowest BCUT2D eigenvalue weighted by atomic mass is 10.1. The van der Waals surface area contributed by atoms with Crippen LogP contribution in [-0.2, 0) is 4.79 Å². The van der Waals surface area contributed by atoms with E-state index in [1.54, 1.807) is 13.0 Å². The van der Waals surface area contributed by atoms with Gasteiger partial charge in [0.05, 0.1) is 12.0 Å². The molecule has 0 spiro atoms. The van der Waals surface area contributed by atoms with Crippen LogP contribution in [0.25, 0.3) is 0 Å². The molecule has 4 nitrogen and oxygen atoms in total. The Bertz CT molecular complexity index is 441. The van der Waals surface area contributed by atoms with Crippen molar-refractivity contribution in [3.05, 3.63) is 28.3 Å². The minimum atomic E-state index is -0.491. The van der Waals surface area contributed by atoms with Crippen molar-refractivity contribution in [2.75, 3.05) is 0 Å². The molecule has 1 aromatic heterocycles. The molecule has 1 aromatic rings. The van der Waals surface area contributed by atoms with Gasteiger partial charge in [0, 0.05) is 6.07 Å². The fraction of sp³-hybridized carbons (Fsp3) is 0.500. The summed E-state index contributed by atoms with van der Waals surface area (Å²) >= 11 is 0. The van der Waals surface area contributed by atoms with Crippen molar-refractivity contribution in [2.45, 2.75) is 32.6 Å². The van der Waals surface area contributed by atoms with E-state index >= 15 is 0 Å². The fourth-order valence-electron chi connectivity index (χ4n) is 2.00. The molecule has 2 rings (SSSR count). The van der Waals surface area contributed by atoms with E-state index in [2.05, 4.69) is 0 Å². The normalized spacial score (nSPS) is 16.3. The predicted octanol–water partition coefficient (Wildman–Crippen LogP) is 2.04. The van der Waals surface area contributed by atoms with Crippen molar-refractivity contribution in [3.8, 4) is 5.75 Å². The number of carbonyl (C=O) groups is 1. The van der Waals surface area contributed by atoms with Gasteiger partial charge in [0.25, 0.3) is 0 Å². The largest absolute Gasteiger partial charge is 0.428 e. The van der Waals surface area contributed by atoms with Gasteiger partial charge in [-0.25, -0.2) is 4.79 Å². The number of hydrogen-bond donors (Lipinski definition) is 0. The number of hydrogen-bond acceptors (Lipinski definition) is 4. The van der Waals surface area contributed by atoms with Gasteiger partial charge in [0.1, 0.15) is 11.5 Å². The average molecular weight is 222 g/mol. The summed E-state index contributed by atoms with van der Waals surface area (Å²) in [7, 11) is 0. The highest BCUT2D eigenvalue weighted by Crippen LogP contribution is 2.26.